The Balaban J connectivity index is 1.66. The Morgan fingerprint density at radius 3 is 3.10 bits per heavy atom. The van der Waals surface area contributed by atoms with Gasteiger partial charge in [-0.15, -0.1) is 11.3 Å². The molecule has 104 valence electrons. The van der Waals surface area contributed by atoms with Crippen LogP contribution in [0.15, 0.2) is 29.1 Å². The second-order valence-corrected chi connectivity index (χ2v) is 5.99. The Bertz CT molecular complexity index is 679. The molecule has 20 heavy (non-hydrogen) atoms. The summed E-state index contributed by atoms with van der Waals surface area (Å²) >= 11 is 3.28. The van der Waals surface area contributed by atoms with Gasteiger partial charge in [-0.3, -0.25) is 0 Å². The zero-order valence-electron chi connectivity index (χ0n) is 11.1. The van der Waals surface area contributed by atoms with Gasteiger partial charge in [-0.2, -0.15) is 0 Å². The first-order valence-electron chi connectivity index (χ1n) is 6.49. The van der Waals surface area contributed by atoms with Gasteiger partial charge in [0.05, 0.1) is 28.0 Å². The molecule has 0 fully saturated rings. The third-order valence-electron chi connectivity index (χ3n) is 2.81. The summed E-state index contributed by atoms with van der Waals surface area (Å²) in [5.41, 5.74) is 4.00. The number of thiazole rings is 2. The van der Waals surface area contributed by atoms with E-state index < -0.39 is 0 Å². The minimum absolute atomic E-state index is 0.684. The zero-order chi connectivity index (χ0) is 13.8. The molecule has 3 rings (SSSR count). The molecule has 0 unspecified atom stereocenters. The van der Waals surface area contributed by atoms with Gasteiger partial charge in [0.25, 0.3) is 0 Å². The van der Waals surface area contributed by atoms with E-state index in [1.807, 2.05) is 30.6 Å². The van der Waals surface area contributed by atoms with Crippen LogP contribution < -0.4 is 10.1 Å². The Morgan fingerprint density at radius 1 is 1.35 bits per heavy atom. The second kappa shape index (κ2) is 6.19. The van der Waals surface area contributed by atoms with Crippen LogP contribution in [0.5, 0.6) is 5.75 Å². The average Bonchev–Trinajstić information content (AvgIpc) is 3.07. The highest BCUT2D eigenvalue weighted by molar-refractivity contribution is 7.22. The first-order chi connectivity index (χ1) is 9.85. The molecular formula is C14H15N3OS2. The lowest BCUT2D eigenvalue weighted by atomic mass is 10.3. The van der Waals surface area contributed by atoms with Crippen LogP contribution in [0.1, 0.15) is 12.6 Å². The van der Waals surface area contributed by atoms with Crippen molar-refractivity contribution >= 4 is 38.0 Å². The number of anilines is 1. The molecular weight excluding hydrogens is 290 g/mol. The molecule has 1 aromatic carbocycles. The first-order valence-corrected chi connectivity index (χ1v) is 8.25. The molecule has 0 aliphatic rings. The van der Waals surface area contributed by atoms with E-state index in [0.29, 0.717) is 6.61 Å². The van der Waals surface area contributed by atoms with Crippen LogP contribution in [-0.4, -0.2) is 23.1 Å². The van der Waals surface area contributed by atoms with Gasteiger partial charge in [-0.25, -0.2) is 9.97 Å². The monoisotopic (exact) mass is 305 g/mol. The van der Waals surface area contributed by atoms with Gasteiger partial charge in [0.1, 0.15) is 5.75 Å². The van der Waals surface area contributed by atoms with Gasteiger partial charge < -0.3 is 10.1 Å². The van der Waals surface area contributed by atoms with Crippen molar-refractivity contribution in [2.75, 3.05) is 18.5 Å². The SMILES string of the molecule is CCOc1ccc2nc(NCCc3cscn3)sc2c1. The Labute approximate surface area is 125 Å². The standard InChI is InChI=1S/C14H15N3OS2/c1-2-18-11-3-4-12-13(7-11)20-14(17-12)15-6-5-10-8-19-9-16-10/h3-4,7-9H,2,5-6H2,1H3,(H,15,17). The highest BCUT2D eigenvalue weighted by atomic mass is 32.1. The van der Waals surface area contributed by atoms with Crippen molar-refractivity contribution in [3.63, 3.8) is 0 Å². The number of hydrogen-bond acceptors (Lipinski definition) is 6. The molecule has 0 spiro atoms. The van der Waals surface area contributed by atoms with Crippen LogP contribution in [0.2, 0.25) is 0 Å². The van der Waals surface area contributed by atoms with E-state index in [-0.39, 0.29) is 0 Å². The van der Waals surface area contributed by atoms with Crippen LogP contribution in [0.3, 0.4) is 0 Å². The van der Waals surface area contributed by atoms with E-state index in [2.05, 4.69) is 20.7 Å². The molecule has 4 nitrogen and oxygen atoms in total. The first kappa shape index (κ1) is 13.3. The molecule has 0 amide bonds. The molecule has 1 N–H and O–H groups in total. The number of nitrogens with one attached hydrogen (secondary N) is 1. The van der Waals surface area contributed by atoms with Crippen molar-refractivity contribution in [1.82, 2.24) is 9.97 Å². The van der Waals surface area contributed by atoms with Crippen LogP contribution in [0.4, 0.5) is 5.13 Å². The third-order valence-corrected chi connectivity index (χ3v) is 4.42. The maximum Gasteiger partial charge on any atom is 0.183 e. The molecule has 2 heterocycles. The number of fused-ring (bicyclic) bond motifs is 1. The fourth-order valence-corrected chi connectivity index (χ4v) is 3.41. The summed E-state index contributed by atoms with van der Waals surface area (Å²) in [6.07, 6.45) is 0.920. The van der Waals surface area contributed by atoms with Crippen LogP contribution in [0.25, 0.3) is 10.2 Å². The van der Waals surface area contributed by atoms with Gasteiger partial charge in [0, 0.05) is 18.3 Å². The number of benzene rings is 1. The Morgan fingerprint density at radius 2 is 2.30 bits per heavy atom. The topological polar surface area (TPSA) is 47.0 Å². The maximum absolute atomic E-state index is 5.50. The van der Waals surface area contributed by atoms with E-state index in [1.54, 1.807) is 22.7 Å². The molecule has 0 aliphatic heterocycles. The summed E-state index contributed by atoms with van der Waals surface area (Å²) in [6, 6.07) is 6.01. The third kappa shape index (κ3) is 3.08. The largest absolute Gasteiger partial charge is 0.494 e. The van der Waals surface area contributed by atoms with E-state index in [1.165, 1.54) is 0 Å². The lowest BCUT2D eigenvalue weighted by Gasteiger charge is -2.00. The number of ether oxygens (including phenoxy) is 1. The summed E-state index contributed by atoms with van der Waals surface area (Å²) in [5, 5.41) is 6.38. The number of rotatable bonds is 6. The smallest absolute Gasteiger partial charge is 0.183 e. The number of aromatic nitrogens is 2. The van der Waals surface area contributed by atoms with Gasteiger partial charge >= 0.3 is 0 Å². The zero-order valence-corrected chi connectivity index (χ0v) is 12.8. The fraction of sp³-hybridized carbons (Fsp3) is 0.286. The van der Waals surface area contributed by atoms with Crippen molar-refractivity contribution in [1.29, 1.82) is 0 Å². The molecule has 3 aromatic rings. The summed E-state index contributed by atoms with van der Waals surface area (Å²) in [4.78, 5) is 8.83. The van der Waals surface area contributed by atoms with Crippen molar-refractivity contribution < 1.29 is 4.74 Å². The van der Waals surface area contributed by atoms with Crippen molar-refractivity contribution in [2.24, 2.45) is 0 Å². The summed E-state index contributed by atoms with van der Waals surface area (Å²) in [5.74, 6) is 0.901. The molecule has 0 saturated heterocycles. The molecule has 0 radical (unpaired) electrons. The highest BCUT2D eigenvalue weighted by Crippen LogP contribution is 2.29. The normalized spacial score (nSPS) is 10.8. The van der Waals surface area contributed by atoms with E-state index in [9.17, 15) is 0 Å². The summed E-state index contributed by atoms with van der Waals surface area (Å²) in [7, 11) is 0. The average molecular weight is 305 g/mol. The van der Waals surface area contributed by atoms with Gasteiger partial charge in [-0.05, 0) is 25.1 Å². The fourth-order valence-electron chi connectivity index (χ4n) is 1.90. The lowest BCUT2D eigenvalue weighted by Crippen LogP contribution is -2.04. The summed E-state index contributed by atoms with van der Waals surface area (Å²) in [6.45, 7) is 3.52. The minimum atomic E-state index is 0.684. The van der Waals surface area contributed by atoms with Crippen molar-refractivity contribution in [3.8, 4) is 5.75 Å². The van der Waals surface area contributed by atoms with E-state index in [0.717, 1.165) is 39.8 Å². The Hall–Kier alpha value is -1.66. The van der Waals surface area contributed by atoms with Crippen molar-refractivity contribution in [2.45, 2.75) is 13.3 Å². The molecule has 0 atom stereocenters. The number of hydrogen-bond donors (Lipinski definition) is 1. The molecule has 2 aromatic heterocycles. The minimum Gasteiger partial charge on any atom is -0.494 e. The van der Waals surface area contributed by atoms with Gasteiger partial charge in [0.15, 0.2) is 5.13 Å². The van der Waals surface area contributed by atoms with E-state index >= 15 is 0 Å². The predicted octanol–water partition coefficient (Wildman–Crippen LogP) is 3.81. The Kier molecular flexibility index (Phi) is 4.13. The predicted molar refractivity (Wildman–Crippen MR) is 85.1 cm³/mol. The second-order valence-electron chi connectivity index (χ2n) is 4.24. The van der Waals surface area contributed by atoms with Crippen LogP contribution >= 0.6 is 22.7 Å². The van der Waals surface area contributed by atoms with Gasteiger partial charge in [-0.1, -0.05) is 11.3 Å². The van der Waals surface area contributed by atoms with Crippen LogP contribution in [0, 0.1) is 0 Å². The van der Waals surface area contributed by atoms with Crippen LogP contribution in [-0.2, 0) is 6.42 Å². The maximum atomic E-state index is 5.50. The van der Waals surface area contributed by atoms with E-state index in [4.69, 9.17) is 4.74 Å². The summed E-state index contributed by atoms with van der Waals surface area (Å²) < 4.78 is 6.65. The lowest BCUT2D eigenvalue weighted by molar-refractivity contribution is 0.341. The quantitative estimate of drug-likeness (QED) is 0.752. The molecule has 6 heteroatoms. The molecule has 0 aliphatic carbocycles. The molecule has 0 saturated carbocycles. The highest BCUT2D eigenvalue weighted by Gasteiger charge is 2.05. The van der Waals surface area contributed by atoms with Crippen molar-refractivity contribution in [3.05, 3.63) is 34.8 Å². The molecule has 0 bridgehead atoms. The van der Waals surface area contributed by atoms with Gasteiger partial charge in [0.2, 0.25) is 0 Å². The number of nitrogens with zero attached hydrogens (tertiary/aromatic N) is 2.